The van der Waals surface area contributed by atoms with Crippen LogP contribution in [-0.4, -0.2) is 49.6 Å². The number of amides is 1. The molecule has 1 saturated heterocycles. The van der Waals surface area contributed by atoms with Crippen LogP contribution in [-0.2, 0) is 11.3 Å². The monoisotopic (exact) mass is 436 g/mol. The summed E-state index contributed by atoms with van der Waals surface area (Å²) < 4.78 is 11.6. The second-order valence-corrected chi connectivity index (χ2v) is 8.19. The Bertz CT molecular complexity index is 960. The summed E-state index contributed by atoms with van der Waals surface area (Å²) in [7, 11) is 0. The van der Waals surface area contributed by atoms with Crippen LogP contribution in [0.15, 0.2) is 47.5 Å². The van der Waals surface area contributed by atoms with E-state index < -0.39 is 0 Å². The maximum Gasteiger partial charge on any atom is 0.222 e. The normalized spacial score (nSPS) is 16.1. The van der Waals surface area contributed by atoms with Crippen LogP contribution in [0.5, 0.6) is 11.5 Å². The molecular weight excluding hydrogens is 404 g/mol. The zero-order valence-electron chi connectivity index (χ0n) is 18.7. The van der Waals surface area contributed by atoms with Crippen molar-refractivity contribution in [2.45, 2.75) is 39.2 Å². The summed E-state index contributed by atoms with van der Waals surface area (Å²) in [5, 5.41) is 6.82. The van der Waals surface area contributed by atoms with Gasteiger partial charge in [0, 0.05) is 44.2 Å². The fourth-order valence-electron chi connectivity index (χ4n) is 3.89. The molecule has 0 atom stereocenters. The molecule has 1 amide bonds. The number of nitrogens with zero attached hydrogens (tertiary/aromatic N) is 2. The van der Waals surface area contributed by atoms with Gasteiger partial charge in [-0.15, -0.1) is 0 Å². The van der Waals surface area contributed by atoms with Gasteiger partial charge < -0.3 is 25.0 Å². The topological polar surface area (TPSA) is 75.2 Å². The molecule has 170 valence electrons. The molecule has 0 aliphatic carbocycles. The second-order valence-electron chi connectivity index (χ2n) is 8.19. The minimum Gasteiger partial charge on any atom is -0.490 e. The zero-order chi connectivity index (χ0) is 22.2. The summed E-state index contributed by atoms with van der Waals surface area (Å²) in [6.45, 7) is 6.39. The molecule has 2 aromatic carbocycles. The number of likely N-dealkylation sites (tertiary alicyclic amines) is 1. The number of aliphatic imine (C=N–C) groups is 1. The van der Waals surface area contributed by atoms with Gasteiger partial charge in [0.25, 0.3) is 0 Å². The fourth-order valence-corrected chi connectivity index (χ4v) is 3.89. The van der Waals surface area contributed by atoms with Crippen molar-refractivity contribution in [3.05, 3.63) is 53.6 Å². The van der Waals surface area contributed by atoms with Crippen LogP contribution in [0.1, 0.15) is 36.8 Å². The van der Waals surface area contributed by atoms with E-state index >= 15 is 0 Å². The van der Waals surface area contributed by atoms with E-state index in [1.807, 2.05) is 35.2 Å². The molecule has 2 aromatic rings. The molecule has 0 spiro atoms. The molecule has 7 heteroatoms. The summed E-state index contributed by atoms with van der Waals surface area (Å²) in [6, 6.07) is 14.1. The van der Waals surface area contributed by atoms with E-state index in [1.165, 1.54) is 11.1 Å². The van der Waals surface area contributed by atoms with Gasteiger partial charge in [0.2, 0.25) is 5.91 Å². The number of benzene rings is 2. The van der Waals surface area contributed by atoms with Gasteiger partial charge in [-0.1, -0.05) is 24.3 Å². The molecular formula is C25H32N4O3. The van der Waals surface area contributed by atoms with Gasteiger partial charge in [0.15, 0.2) is 17.5 Å². The Kier molecular flexibility index (Phi) is 7.48. The van der Waals surface area contributed by atoms with Crippen LogP contribution in [0.3, 0.4) is 0 Å². The minimum atomic E-state index is 0.267. The van der Waals surface area contributed by atoms with Crippen molar-refractivity contribution in [3.63, 3.8) is 0 Å². The number of rotatable bonds is 7. The molecule has 7 nitrogen and oxygen atoms in total. The van der Waals surface area contributed by atoms with Crippen molar-refractivity contribution in [1.82, 2.24) is 10.2 Å². The maximum atomic E-state index is 11.8. The standard InChI is InChI=1S/C25H32N4O3/c1-19-7-2-3-8-20(19)18-27-25(26-12-5-14-29-13-4-9-24(29)30)28-21-10-11-22-23(17-21)32-16-6-15-31-22/h2-3,7-8,10-11,17H,4-6,9,12-16,18H2,1H3,(H2,26,27,28). The molecule has 2 N–H and O–H groups in total. The number of carbonyl (C=O) groups excluding carboxylic acids is 1. The third-order valence-electron chi connectivity index (χ3n) is 5.75. The second kappa shape index (κ2) is 10.9. The highest BCUT2D eigenvalue weighted by Crippen LogP contribution is 2.32. The first-order valence-corrected chi connectivity index (χ1v) is 11.5. The lowest BCUT2D eigenvalue weighted by molar-refractivity contribution is -0.127. The van der Waals surface area contributed by atoms with E-state index in [0.29, 0.717) is 32.1 Å². The lowest BCUT2D eigenvalue weighted by Crippen LogP contribution is -2.34. The highest BCUT2D eigenvalue weighted by molar-refractivity contribution is 5.94. The number of nitrogens with one attached hydrogen (secondary N) is 2. The van der Waals surface area contributed by atoms with Crippen molar-refractivity contribution in [3.8, 4) is 11.5 Å². The van der Waals surface area contributed by atoms with Gasteiger partial charge in [-0.25, -0.2) is 4.99 Å². The molecule has 32 heavy (non-hydrogen) atoms. The van der Waals surface area contributed by atoms with Crippen LogP contribution in [0.2, 0.25) is 0 Å². The summed E-state index contributed by atoms with van der Waals surface area (Å²) >= 11 is 0. The number of hydrogen-bond acceptors (Lipinski definition) is 4. The third kappa shape index (κ3) is 5.93. The van der Waals surface area contributed by atoms with E-state index in [1.54, 1.807) is 0 Å². The lowest BCUT2D eigenvalue weighted by Gasteiger charge is -2.17. The molecule has 2 aliphatic heterocycles. The third-order valence-corrected chi connectivity index (χ3v) is 5.75. The first-order chi connectivity index (χ1) is 15.7. The van der Waals surface area contributed by atoms with Crippen molar-refractivity contribution in [1.29, 1.82) is 0 Å². The minimum absolute atomic E-state index is 0.267. The highest BCUT2D eigenvalue weighted by atomic mass is 16.5. The number of guanidine groups is 1. The number of carbonyl (C=O) groups is 1. The van der Waals surface area contributed by atoms with E-state index in [2.05, 4.69) is 29.7 Å². The van der Waals surface area contributed by atoms with Gasteiger partial charge in [0.1, 0.15) is 0 Å². The Labute approximate surface area is 189 Å². The molecule has 0 bridgehead atoms. The number of anilines is 1. The molecule has 0 unspecified atom stereocenters. The first-order valence-electron chi connectivity index (χ1n) is 11.5. The SMILES string of the molecule is Cc1ccccc1CN=C(NCCCN1CCCC1=O)Nc1ccc2c(c1)OCCCO2. The van der Waals surface area contributed by atoms with Gasteiger partial charge >= 0.3 is 0 Å². The van der Waals surface area contributed by atoms with Crippen molar-refractivity contribution >= 4 is 17.6 Å². The summed E-state index contributed by atoms with van der Waals surface area (Å²) in [4.78, 5) is 18.6. The van der Waals surface area contributed by atoms with Crippen LogP contribution in [0.25, 0.3) is 0 Å². The van der Waals surface area contributed by atoms with E-state index in [4.69, 9.17) is 14.5 Å². The van der Waals surface area contributed by atoms with Crippen molar-refractivity contribution in [2.24, 2.45) is 4.99 Å². The van der Waals surface area contributed by atoms with Crippen LogP contribution in [0, 0.1) is 6.92 Å². The molecule has 0 saturated carbocycles. The Morgan fingerprint density at radius 1 is 1.09 bits per heavy atom. The molecule has 2 heterocycles. The van der Waals surface area contributed by atoms with E-state index in [9.17, 15) is 4.79 Å². The smallest absolute Gasteiger partial charge is 0.222 e. The average Bonchev–Trinajstić information content (AvgIpc) is 3.06. The zero-order valence-corrected chi connectivity index (χ0v) is 18.7. The van der Waals surface area contributed by atoms with Gasteiger partial charge in [-0.05, 0) is 43.0 Å². The Morgan fingerprint density at radius 2 is 1.94 bits per heavy atom. The quantitative estimate of drug-likeness (QED) is 0.393. The van der Waals surface area contributed by atoms with Gasteiger partial charge in [-0.3, -0.25) is 4.79 Å². The van der Waals surface area contributed by atoms with Crippen LogP contribution < -0.4 is 20.1 Å². The Hall–Kier alpha value is -3.22. The van der Waals surface area contributed by atoms with Crippen LogP contribution in [0.4, 0.5) is 5.69 Å². The van der Waals surface area contributed by atoms with E-state index in [0.717, 1.165) is 56.1 Å². The van der Waals surface area contributed by atoms with E-state index in [-0.39, 0.29) is 5.91 Å². The van der Waals surface area contributed by atoms with Crippen molar-refractivity contribution in [2.75, 3.05) is 38.2 Å². The highest BCUT2D eigenvalue weighted by Gasteiger charge is 2.19. The number of aryl methyl sites for hydroxylation is 1. The molecule has 0 aromatic heterocycles. The predicted octanol–water partition coefficient (Wildman–Crippen LogP) is 3.73. The maximum absolute atomic E-state index is 11.8. The number of ether oxygens (including phenoxy) is 2. The Balaban J connectivity index is 1.41. The van der Waals surface area contributed by atoms with Gasteiger partial charge in [-0.2, -0.15) is 0 Å². The average molecular weight is 437 g/mol. The molecule has 1 fully saturated rings. The van der Waals surface area contributed by atoms with Gasteiger partial charge in [0.05, 0.1) is 19.8 Å². The predicted molar refractivity (Wildman–Crippen MR) is 126 cm³/mol. The summed E-state index contributed by atoms with van der Waals surface area (Å²) in [6.07, 6.45) is 3.41. The molecule has 4 rings (SSSR count). The summed E-state index contributed by atoms with van der Waals surface area (Å²) in [5.41, 5.74) is 3.30. The molecule has 0 radical (unpaired) electrons. The Morgan fingerprint density at radius 3 is 2.75 bits per heavy atom. The number of fused-ring (bicyclic) bond motifs is 1. The van der Waals surface area contributed by atoms with Crippen molar-refractivity contribution < 1.29 is 14.3 Å². The molecule has 2 aliphatic rings. The first kappa shape index (κ1) is 22.0. The fraction of sp³-hybridized carbons (Fsp3) is 0.440. The largest absolute Gasteiger partial charge is 0.490 e. The van der Waals surface area contributed by atoms with Crippen LogP contribution >= 0.6 is 0 Å². The summed E-state index contributed by atoms with van der Waals surface area (Å²) in [5.74, 6) is 2.49. The number of hydrogen-bond donors (Lipinski definition) is 2. The lowest BCUT2D eigenvalue weighted by atomic mass is 10.1.